The first-order chi connectivity index (χ1) is 15.3. The number of nitrogens with zero attached hydrogens (tertiary/aromatic N) is 2. The third-order valence-corrected chi connectivity index (χ3v) is 5.72. The van der Waals surface area contributed by atoms with Crippen molar-refractivity contribution in [1.82, 2.24) is 0 Å². The van der Waals surface area contributed by atoms with Crippen molar-refractivity contribution in [2.45, 2.75) is 13.8 Å². The zero-order valence-corrected chi connectivity index (χ0v) is 19.2. The molecule has 4 rings (SSSR count). The van der Waals surface area contributed by atoms with Crippen molar-refractivity contribution in [3.63, 3.8) is 0 Å². The van der Waals surface area contributed by atoms with Gasteiger partial charge in [-0.1, -0.05) is 41.4 Å². The largest absolute Gasteiger partial charge is 0.378 e. The first kappa shape index (κ1) is 21.7. The zero-order chi connectivity index (χ0) is 23.0. The summed E-state index contributed by atoms with van der Waals surface area (Å²) >= 11 is 6.05. The van der Waals surface area contributed by atoms with Gasteiger partial charge in [-0.2, -0.15) is 0 Å². The molecular formula is C26H24ClN3O2. The van der Waals surface area contributed by atoms with E-state index in [0.717, 1.165) is 22.5 Å². The van der Waals surface area contributed by atoms with E-state index in [1.165, 1.54) is 4.90 Å². The standard InChI is InChI=1S/C26H24ClN3O2/c1-16-5-14-22(17(2)15-16)30-25(31)23(18-6-8-19(27)9-7-18)24(26(30)32)28-20-10-12-21(13-11-20)29(3)4/h5-15,28H,1-4H3. The molecule has 0 atom stereocenters. The SMILES string of the molecule is Cc1ccc(N2C(=O)C(Nc3ccc(N(C)C)cc3)=C(c3ccc(Cl)cc3)C2=O)c(C)c1. The van der Waals surface area contributed by atoms with Crippen molar-refractivity contribution in [1.29, 1.82) is 0 Å². The van der Waals surface area contributed by atoms with Gasteiger partial charge < -0.3 is 10.2 Å². The molecule has 1 N–H and O–H groups in total. The van der Waals surface area contributed by atoms with Gasteiger partial charge in [0, 0.05) is 30.5 Å². The summed E-state index contributed by atoms with van der Waals surface area (Å²) in [5, 5.41) is 3.76. The highest BCUT2D eigenvalue weighted by Crippen LogP contribution is 2.35. The Kier molecular flexibility index (Phi) is 5.76. The minimum Gasteiger partial charge on any atom is -0.378 e. The molecule has 3 aromatic carbocycles. The van der Waals surface area contributed by atoms with Gasteiger partial charge in [-0.25, -0.2) is 4.90 Å². The number of anilines is 3. The van der Waals surface area contributed by atoms with Crippen LogP contribution in [-0.4, -0.2) is 25.9 Å². The summed E-state index contributed by atoms with van der Waals surface area (Å²) in [5.41, 5.74) is 5.46. The van der Waals surface area contributed by atoms with Crippen LogP contribution in [0.3, 0.4) is 0 Å². The Balaban J connectivity index is 1.80. The molecule has 1 heterocycles. The molecule has 0 spiro atoms. The first-order valence-corrected chi connectivity index (χ1v) is 10.6. The van der Waals surface area contributed by atoms with E-state index >= 15 is 0 Å². The molecule has 5 nitrogen and oxygen atoms in total. The van der Waals surface area contributed by atoms with Gasteiger partial charge in [-0.15, -0.1) is 0 Å². The van der Waals surface area contributed by atoms with Gasteiger partial charge in [-0.3, -0.25) is 9.59 Å². The van der Waals surface area contributed by atoms with Crippen LogP contribution in [0.25, 0.3) is 5.57 Å². The van der Waals surface area contributed by atoms with Crippen LogP contribution in [0.5, 0.6) is 0 Å². The van der Waals surface area contributed by atoms with Crippen molar-refractivity contribution >= 4 is 46.1 Å². The van der Waals surface area contributed by atoms with Crippen LogP contribution in [0.2, 0.25) is 5.02 Å². The van der Waals surface area contributed by atoms with Gasteiger partial charge in [0.25, 0.3) is 11.8 Å². The van der Waals surface area contributed by atoms with E-state index in [1.54, 1.807) is 24.3 Å². The molecule has 162 valence electrons. The molecule has 0 fully saturated rings. The lowest BCUT2D eigenvalue weighted by atomic mass is 10.0. The summed E-state index contributed by atoms with van der Waals surface area (Å²) in [5.74, 6) is -0.750. The van der Waals surface area contributed by atoms with Gasteiger partial charge in [0.2, 0.25) is 0 Å². The van der Waals surface area contributed by atoms with Crippen molar-refractivity contribution in [3.05, 3.63) is 94.1 Å². The maximum Gasteiger partial charge on any atom is 0.282 e. The smallest absolute Gasteiger partial charge is 0.282 e. The molecule has 32 heavy (non-hydrogen) atoms. The highest BCUT2D eigenvalue weighted by Gasteiger charge is 2.40. The molecule has 1 aliphatic rings. The van der Waals surface area contributed by atoms with Crippen molar-refractivity contribution in [3.8, 4) is 0 Å². The minimum absolute atomic E-state index is 0.245. The third kappa shape index (κ3) is 3.99. The van der Waals surface area contributed by atoms with E-state index in [1.807, 2.05) is 75.3 Å². The molecule has 0 aromatic heterocycles. The fourth-order valence-electron chi connectivity index (χ4n) is 3.79. The second-order valence-electron chi connectivity index (χ2n) is 8.06. The van der Waals surface area contributed by atoms with Crippen LogP contribution >= 0.6 is 11.6 Å². The van der Waals surface area contributed by atoms with E-state index in [4.69, 9.17) is 11.6 Å². The van der Waals surface area contributed by atoms with Crippen LogP contribution in [0.4, 0.5) is 17.1 Å². The van der Waals surface area contributed by atoms with Crippen LogP contribution < -0.4 is 15.1 Å². The number of carbonyl (C=O) groups excluding carboxylic acids is 2. The lowest BCUT2D eigenvalue weighted by molar-refractivity contribution is -0.120. The molecule has 0 radical (unpaired) electrons. The maximum absolute atomic E-state index is 13.6. The Morgan fingerprint density at radius 1 is 0.844 bits per heavy atom. The Labute approximate surface area is 192 Å². The van der Waals surface area contributed by atoms with Gasteiger partial charge >= 0.3 is 0 Å². The van der Waals surface area contributed by atoms with Crippen LogP contribution in [0.1, 0.15) is 16.7 Å². The van der Waals surface area contributed by atoms with Gasteiger partial charge in [0.15, 0.2) is 0 Å². The Morgan fingerprint density at radius 3 is 2.09 bits per heavy atom. The summed E-state index contributed by atoms with van der Waals surface area (Å²) in [6, 6.07) is 20.3. The number of nitrogens with one attached hydrogen (secondary N) is 1. The average Bonchev–Trinajstić information content (AvgIpc) is 2.99. The molecule has 6 heteroatoms. The van der Waals surface area contributed by atoms with E-state index in [2.05, 4.69) is 5.32 Å². The normalized spacial score (nSPS) is 13.7. The fraction of sp³-hybridized carbons (Fsp3) is 0.154. The highest BCUT2D eigenvalue weighted by atomic mass is 35.5. The van der Waals surface area contributed by atoms with E-state index in [-0.39, 0.29) is 17.5 Å². The summed E-state index contributed by atoms with van der Waals surface area (Å²) in [4.78, 5) is 30.3. The number of imide groups is 1. The summed E-state index contributed by atoms with van der Waals surface area (Å²) in [6.07, 6.45) is 0. The van der Waals surface area contributed by atoms with Crippen LogP contribution in [0, 0.1) is 13.8 Å². The highest BCUT2D eigenvalue weighted by molar-refractivity contribution is 6.46. The van der Waals surface area contributed by atoms with E-state index < -0.39 is 0 Å². The van der Waals surface area contributed by atoms with Crippen LogP contribution in [0.15, 0.2) is 72.4 Å². The fourth-order valence-corrected chi connectivity index (χ4v) is 3.92. The number of rotatable bonds is 5. The quantitative estimate of drug-likeness (QED) is 0.533. The number of hydrogen-bond donors (Lipinski definition) is 1. The molecular weight excluding hydrogens is 422 g/mol. The number of carbonyl (C=O) groups is 2. The zero-order valence-electron chi connectivity index (χ0n) is 18.4. The van der Waals surface area contributed by atoms with Gasteiger partial charge in [-0.05, 0) is 67.4 Å². The number of halogens is 1. The van der Waals surface area contributed by atoms with Gasteiger partial charge in [0.05, 0.1) is 11.3 Å². The van der Waals surface area contributed by atoms with Crippen molar-refractivity contribution in [2.75, 3.05) is 29.2 Å². The predicted molar refractivity (Wildman–Crippen MR) is 131 cm³/mol. The molecule has 3 aromatic rings. The van der Waals surface area contributed by atoms with Crippen LogP contribution in [-0.2, 0) is 9.59 Å². The molecule has 2 amide bonds. The number of benzene rings is 3. The molecule has 0 saturated heterocycles. The van der Waals surface area contributed by atoms with Gasteiger partial charge in [0.1, 0.15) is 5.70 Å². The summed E-state index contributed by atoms with van der Waals surface area (Å²) in [7, 11) is 3.93. The maximum atomic E-state index is 13.6. The summed E-state index contributed by atoms with van der Waals surface area (Å²) in [6.45, 7) is 3.88. The topological polar surface area (TPSA) is 52.7 Å². The Bertz CT molecular complexity index is 1230. The average molecular weight is 446 g/mol. The first-order valence-electron chi connectivity index (χ1n) is 10.3. The molecule has 0 aliphatic carbocycles. The van der Waals surface area contributed by atoms with Crippen molar-refractivity contribution in [2.24, 2.45) is 0 Å². The number of aryl methyl sites for hydroxylation is 2. The number of hydrogen-bond acceptors (Lipinski definition) is 4. The lowest BCUT2D eigenvalue weighted by Crippen LogP contribution is -2.33. The Hall–Kier alpha value is -3.57. The molecule has 0 bridgehead atoms. The number of amides is 2. The monoisotopic (exact) mass is 445 g/mol. The van der Waals surface area contributed by atoms with E-state index in [0.29, 0.717) is 21.8 Å². The van der Waals surface area contributed by atoms with Crippen molar-refractivity contribution < 1.29 is 9.59 Å². The second-order valence-corrected chi connectivity index (χ2v) is 8.50. The lowest BCUT2D eigenvalue weighted by Gasteiger charge is -2.18. The minimum atomic E-state index is -0.386. The Morgan fingerprint density at radius 2 is 1.50 bits per heavy atom. The predicted octanol–water partition coefficient (Wildman–Crippen LogP) is 5.42. The second kappa shape index (κ2) is 8.52. The summed E-state index contributed by atoms with van der Waals surface area (Å²) < 4.78 is 0. The van der Waals surface area contributed by atoms with E-state index in [9.17, 15) is 9.59 Å². The molecule has 0 saturated carbocycles. The molecule has 0 unspecified atom stereocenters. The third-order valence-electron chi connectivity index (χ3n) is 5.46. The molecule has 1 aliphatic heterocycles.